The molecule has 180 valence electrons. The fraction of sp³-hybridized carbons (Fsp3) is 0.444. The van der Waals surface area contributed by atoms with Gasteiger partial charge in [0.2, 0.25) is 0 Å². The van der Waals surface area contributed by atoms with Crippen molar-refractivity contribution in [1.29, 1.82) is 0 Å². The van der Waals surface area contributed by atoms with Gasteiger partial charge in [0.15, 0.2) is 11.5 Å². The molecule has 1 N–H and O–H groups in total. The second-order valence-electron chi connectivity index (χ2n) is 8.91. The Morgan fingerprint density at radius 3 is 2.65 bits per heavy atom. The number of nitrogens with one attached hydrogen (secondary N) is 1. The molecule has 0 unspecified atom stereocenters. The van der Waals surface area contributed by atoms with Gasteiger partial charge < -0.3 is 24.1 Å². The Bertz CT molecular complexity index is 1130. The summed E-state index contributed by atoms with van der Waals surface area (Å²) in [7, 11) is 0. The number of hydrogen-bond acceptors (Lipinski definition) is 6. The number of anilines is 1. The van der Waals surface area contributed by atoms with Crippen molar-refractivity contribution in [3.05, 3.63) is 53.7 Å². The molecule has 1 aromatic heterocycles. The smallest absolute Gasteiger partial charge is 0.338 e. The molecule has 2 aliphatic rings. The first-order chi connectivity index (χ1) is 16.7. The average molecular weight is 464 g/mol. The maximum atomic E-state index is 12.1. The van der Waals surface area contributed by atoms with Gasteiger partial charge in [-0.2, -0.15) is 0 Å². The number of ether oxygens (including phenoxy) is 3. The molecule has 2 aliphatic heterocycles. The Morgan fingerprint density at radius 1 is 1.00 bits per heavy atom. The largest absolute Gasteiger partial charge is 0.486 e. The minimum atomic E-state index is -0.257. The molecule has 0 amide bonds. The summed E-state index contributed by atoms with van der Waals surface area (Å²) in [5.41, 5.74) is 4.17. The van der Waals surface area contributed by atoms with Crippen LogP contribution in [0.1, 0.15) is 35.7 Å². The van der Waals surface area contributed by atoms with Crippen LogP contribution in [0.2, 0.25) is 0 Å². The molecule has 3 aromatic rings. The minimum Gasteiger partial charge on any atom is -0.486 e. The predicted octanol–water partition coefficient (Wildman–Crippen LogP) is 4.26. The van der Waals surface area contributed by atoms with E-state index in [1.807, 2.05) is 31.2 Å². The molecule has 0 spiro atoms. The maximum absolute atomic E-state index is 12.1. The van der Waals surface area contributed by atoms with Crippen molar-refractivity contribution in [3.8, 4) is 11.5 Å². The van der Waals surface area contributed by atoms with Gasteiger partial charge in [-0.3, -0.25) is 4.90 Å². The van der Waals surface area contributed by atoms with E-state index in [0.717, 1.165) is 74.4 Å². The van der Waals surface area contributed by atoms with E-state index in [9.17, 15) is 4.79 Å². The van der Waals surface area contributed by atoms with Crippen molar-refractivity contribution in [2.24, 2.45) is 0 Å². The molecule has 0 aliphatic carbocycles. The summed E-state index contributed by atoms with van der Waals surface area (Å²) in [6, 6.07) is 12.0. The minimum absolute atomic E-state index is 0.257. The first kappa shape index (κ1) is 22.6. The van der Waals surface area contributed by atoms with Gasteiger partial charge in [-0.1, -0.05) is 0 Å². The van der Waals surface area contributed by atoms with E-state index in [2.05, 4.69) is 33.1 Å². The standard InChI is InChI=1S/C27H33N3O4/c1-2-32-27(31)20-6-8-24-23(17-20)21(19-28-24)5-3-4-10-29-11-13-30(14-12-29)22-7-9-25-26(18-22)34-16-15-33-25/h6-9,17-19,28H,2-5,10-16H2,1H3. The number of unbranched alkanes of at least 4 members (excludes halogenated alkanes) is 1. The zero-order chi connectivity index (χ0) is 23.3. The monoisotopic (exact) mass is 463 g/mol. The van der Waals surface area contributed by atoms with E-state index >= 15 is 0 Å². The average Bonchev–Trinajstić information content (AvgIpc) is 3.29. The van der Waals surface area contributed by atoms with Crippen molar-refractivity contribution in [2.75, 3.05) is 57.4 Å². The van der Waals surface area contributed by atoms with E-state index in [1.54, 1.807) is 0 Å². The van der Waals surface area contributed by atoms with Crippen LogP contribution in [0.25, 0.3) is 10.9 Å². The summed E-state index contributed by atoms with van der Waals surface area (Å²) in [5, 5.41) is 1.12. The fourth-order valence-corrected chi connectivity index (χ4v) is 4.84. The molecular formula is C27H33N3O4. The van der Waals surface area contributed by atoms with Crippen LogP contribution in [0.15, 0.2) is 42.6 Å². The number of rotatable bonds is 8. The molecule has 2 aromatic carbocycles. The third-order valence-corrected chi connectivity index (χ3v) is 6.71. The van der Waals surface area contributed by atoms with E-state index in [4.69, 9.17) is 14.2 Å². The highest BCUT2D eigenvalue weighted by atomic mass is 16.6. The number of aryl methyl sites for hydroxylation is 1. The number of esters is 1. The zero-order valence-electron chi connectivity index (χ0n) is 19.8. The van der Waals surface area contributed by atoms with Gasteiger partial charge in [-0.25, -0.2) is 4.79 Å². The summed E-state index contributed by atoms with van der Waals surface area (Å²) in [6.45, 7) is 8.78. The first-order valence-electron chi connectivity index (χ1n) is 12.4. The van der Waals surface area contributed by atoms with E-state index in [1.165, 1.54) is 11.3 Å². The van der Waals surface area contributed by atoms with Crippen molar-refractivity contribution in [3.63, 3.8) is 0 Å². The summed E-state index contributed by atoms with van der Waals surface area (Å²) >= 11 is 0. The normalized spacial score (nSPS) is 16.1. The lowest BCUT2D eigenvalue weighted by Crippen LogP contribution is -2.46. The molecule has 5 rings (SSSR count). The number of benzene rings is 2. The molecule has 7 nitrogen and oxygen atoms in total. The number of aromatic nitrogens is 1. The topological polar surface area (TPSA) is 67.0 Å². The second-order valence-corrected chi connectivity index (χ2v) is 8.91. The Hall–Kier alpha value is -3.19. The fourth-order valence-electron chi connectivity index (χ4n) is 4.84. The van der Waals surface area contributed by atoms with Gasteiger partial charge in [0.05, 0.1) is 12.2 Å². The highest BCUT2D eigenvalue weighted by Gasteiger charge is 2.19. The van der Waals surface area contributed by atoms with Gasteiger partial charge in [0, 0.05) is 55.0 Å². The van der Waals surface area contributed by atoms with Gasteiger partial charge in [0.25, 0.3) is 0 Å². The molecule has 0 atom stereocenters. The van der Waals surface area contributed by atoms with Crippen molar-refractivity contribution >= 4 is 22.6 Å². The number of piperazine rings is 1. The second kappa shape index (κ2) is 10.4. The van der Waals surface area contributed by atoms with Crippen LogP contribution in [0.3, 0.4) is 0 Å². The van der Waals surface area contributed by atoms with Gasteiger partial charge >= 0.3 is 5.97 Å². The van der Waals surface area contributed by atoms with Crippen molar-refractivity contribution < 1.29 is 19.0 Å². The van der Waals surface area contributed by atoms with Crippen LogP contribution >= 0.6 is 0 Å². The van der Waals surface area contributed by atoms with Crippen molar-refractivity contribution in [1.82, 2.24) is 9.88 Å². The molecule has 0 saturated carbocycles. The molecule has 1 saturated heterocycles. The van der Waals surface area contributed by atoms with E-state index in [-0.39, 0.29) is 5.97 Å². The maximum Gasteiger partial charge on any atom is 0.338 e. The van der Waals surface area contributed by atoms with Crippen LogP contribution in [-0.4, -0.2) is 68.4 Å². The molecule has 3 heterocycles. The highest BCUT2D eigenvalue weighted by Crippen LogP contribution is 2.34. The lowest BCUT2D eigenvalue weighted by Gasteiger charge is -2.36. The zero-order valence-corrected chi connectivity index (χ0v) is 19.8. The van der Waals surface area contributed by atoms with Crippen LogP contribution < -0.4 is 14.4 Å². The predicted molar refractivity (Wildman–Crippen MR) is 133 cm³/mol. The van der Waals surface area contributed by atoms with Gasteiger partial charge in [0.1, 0.15) is 13.2 Å². The summed E-state index contributed by atoms with van der Waals surface area (Å²) in [4.78, 5) is 20.4. The number of H-pyrrole nitrogens is 1. The number of carbonyl (C=O) groups is 1. The van der Waals surface area contributed by atoms with E-state index < -0.39 is 0 Å². The SMILES string of the molecule is CCOC(=O)c1ccc2[nH]cc(CCCCN3CCN(c4ccc5c(c4)OCCO5)CC3)c2c1. The number of hydrogen-bond donors (Lipinski definition) is 1. The van der Waals surface area contributed by atoms with Crippen LogP contribution in [0.5, 0.6) is 11.5 Å². The molecule has 7 heteroatoms. The molecular weight excluding hydrogens is 430 g/mol. The van der Waals surface area contributed by atoms with Crippen LogP contribution in [0, 0.1) is 0 Å². The van der Waals surface area contributed by atoms with Gasteiger partial charge in [-0.05, 0) is 68.6 Å². The number of carbonyl (C=O) groups excluding carboxylic acids is 1. The number of aromatic amines is 1. The third kappa shape index (κ3) is 4.99. The first-order valence-corrected chi connectivity index (χ1v) is 12.4. The molecule has 0 bridgehead atoms. The highest BCUT2D eigenvalue weighted by molar-refractivity contribution is 5.95. The molecule has 1 fully saturated rings. The van der Waals surface area contributed by atoms with Crippen LogP contribution in [0.4, 0.5) is 5.69 Å². The Labute approximate surface area is 200 Å². The van der Waals surface area contributed by atoms with Gasteiger partial charge in [-0.15, -0.1) is 0 Å². The number of fused-ring (bicyclic) bond motifs is 2. The Kier molecular flexibility index (Phi) is 6.90. The number of nitrogens with zero attached hydrogens (tertiary/aromatic N) is 2. The Morgan fingerprint density at radius 2 is 1.82 bits per heavy atom. The summed E-state index contributed by atoms with van der Waals surface area (Å²) in [5.74, 6) is 1.45. The third-order valence-electron chi connectivity index (χ3n) is 6.71. The lowest BCUT2D eigenvalue weighted by molar-refractivity contribution is 0.0526. The lowest BCUT2D eigenvalue weighted by atomic mass is 10.0. The summed E-state index contributed by atoms with van der Waals surface area (Å²) < 4.78 is 16.5. The Balaban J connectivity index is 1.08. The van der Waals surface area contributed by atoms with E-state index in [0.29, 0.717) is 25.4 Å². The molecule has 34 heavy (non-hydrogen) atoms. The molecule has 0 radical (unpaired) electrons. The van der Waals surface area contributed by atoms with Crippen molar-refractivity contribution in [2.45, 2.75) is 26.2 Å². The summed E-state index contributed by atoms with van der Waals surface area (Å²) in [6.07, 6.45) is 5.36. The quantitative estimate of drug-likeness (QED) is 0.398. The van der Waals surface area contributed by atoms with Crippen LogP contribution in [-0.2, 0) is 11.2 Å².